The van der Waals surface area contributed by atoms with Gasteiger partial charge in [0.1, 0.15) is 5.75 Å². The molecule has 0 aliphatic carbocycles. The highest BCUT2D eigenvalue weighted by atomic mass is 16.5. The van der Waals surface area contributed by atoms with Crippen molar-refractivity contribution in [3.8, 4) is 5.75 Å². The van der Waals surface area contributed by atoms with E-state index in [1.807, 2.05) is 38.1 Å². The van der Waals surface area contributed by atoms with Gasteiger partial charge in [-0.1, -0.05) is 12.1 Å². The van der Waals surface area contributed by atoms with Gasteiger partial charge in [-0.15, -0.1) is 0 Å². The molecule has 2 N–H and O–H groups in total. The third-order valence-electron chi connectivity index (χ3n) is 3.37. The maximum Gasteiger partial charge on any atom is 0.251 e. The summed E-state index contributed by atoms with van der Waals surface area (Å²) < 4.78 is 5.38. The maximum atomic E-state index is 12.0. The first kappa shape index (κ1) is 18.3. The number of hydrogen-bond donors (Lipinski definition) is 2. The van der Waals surface area contributed by atoms with E-state index >= 15 is 0 Å². The molecule has 0 fully saturated rings. The summed E-state index contributed by atoms with van der Waals surface area (Å²) in [6.07, 6.45) is 3.20. The second kappa shape index (κ2) is 9.27. The maximum absolute atomic E-state index is 12.0. The zero-order chi connectivity index (χ0) is 18.1. The Morgan fingerprint density at radius 1 is 1.00 bits per heavy atom. The molecule has 0 aromatic heterocycles. The number of carbonyl (C=O) groups excluding carboxylic acids is 2. The van der Waals surface area contributed by atoms with E-state index in [-0.39, 0.29) is 11.8 Å². The van der Waals surface area contributed by atoms with Crippen LogP contribution in [0.15, 0.2) is 54.6 Å². The fourth-order valence-electron chi connectivity index (χ4n) is 2.17. The van der Waals surface area contributed by atoms with Gasteiger partial charge < -0.3 is 15.4 Å². The van der Waals surface area contributed by atoms with Crippen molar-refractivity contribution in [2.24, 2.45) is 0 Å². The van der Waals surface area contributed by atoms with Gasteiger partial charge >= 0.3 is 0 Å². The lowest BCUT2D eigenvalue weighted by molar-refractivity contribution is -0.111. The molecular weight excluding hydrogens is 316 g/mol. The summed E-state index contributed by atoms with van der Waals surface area (Å²) >= 11 is 0. The molecule has 0 heterocycles. The molecular formula is C20H22N2O3. The Bertz CT molecular complexity index is 735. The average Bonchev–Trinajstić information content (AvgIpc) is 2.62. The predicted molar refractivity (Wildman–Crippen MR) is 99.7 cm³/mol. The molecule has 2 amide bonds. The van der Waals surface area contributed by atoms with Crippen LogP contribution >= 0.6 is 0 Å². The Kier molecular flexibility index (Phi) is 6.77. The molecule has 5 heteroatoms. The molecule has 0 atom stereocenters. The average molecular weight is 338 g/mol. The van der Waals surface area contributed by atoms with Crippen molar-refractivity contribution in [2.45, 2.75) is 13.8 Å². The first-order valence-electron chi connectivity index (χ1n) is 8.22. The molecule has 0 saturated carbocycles. The van der Waals surface area contributed by atoms with Gasteiger partial charge in [0.2, 0.25) is 5.91 Å². The van der Waals surface area contributed by atoms with Crippen molar-refractivity contribution in [3.63, 3.8) is 0 Å². The molecule has 0 saturated heterocycles. The highest BCUT2D eigenvalue weighted by Crippen LogP contribution is 2.13. The van der Waals surface area contributed by atoms with E-state index in [9.17, 15) is 9.59 Å². The SMILES string of the molecule is CCNC(=O)c1ccc(NC(=O)/C=C/c2ccc(OCC)cc2)cc1. The Hall–Kier alpha value is -3.08. The first-order valence-corrected chi connectivity index (χ1v) is 8.22. The molecule has 0 spiro atoms. The lowest BCUT2D eigenvalue weighted by Crippen LogP contribution is -2.22. The molecule has 0 unspecified atom stereocenters. The topological polar surface area (TPSA) is 67.4 Å². The highest BCUT2D eigenvalue weighted by Gasteiger charge is 2.04. The smallest absolute Gasteiger partial charge is 0.251 e. The Balaban J connectivity index is 1.92. The molecule has 130 valence electrons. The summed E-state index contributed by atoms with van der Waals surface area (Å²) in [6.45, 7) is 4.99. The fourth-order valence-corrected chi connectivity index (χ4v) is 2.17. The molecule has 2 aromatic rings. The molecule has 0 aliphatic heterocycles. The monoisotopic (exact) mass is 338 g/mol. The van der Waals surface area contributed by atoms with Crippen LogP contribution < -0.4 is 15.4 Å². The summed E-state index contributed by atoms with van der Waals surface area (Å²) in [6, 6.07) is 14.3. The third kappa shape index (κ3) is 5.80. The number of nitrogens with one attached hydrogen (secondary N) is 2. The molecule has 2 aromatic carbocycles. The van der Waals surface area contributed by atoms with Gasteiger partial charge in [0.15, 0.2) is 0 Å². The van der Waals surface area contributed by atoms with Crippen molar-refractivity contribution in [1.29, 1.82) is 0 Å². The van der Waals surface area contributed by atoms with E-state index in [1.165, 1.54) is 6.08 Å². The summed E-state index contributed by atoms with van der Waals surface area (Å²) in [5, 5.41) is 5.49. The fraction of sp³-hybridized carbons (Fsp3) is 0.200. The van der Waals surface area contributed by atoms with E-state index in [1.54, 1.807) is 30.3 Å². The van der Waals surface area contributed by atoms with Crippen molar-refractivity contribution in [1.82, 2.24) is 5.32 Å². The molecule has 5 nitrogen and oxygen atoms in total. The van der Waals surface area contributed by atoms with Crippen LogP contribution in [-0.2, 0) is 4.79 Å². The van der Waals surface area contributed by atoms with Gasteiger partial charge in [0.25, 0.3) is 5.91 Å². The minimum atomic E-state index is -0.236. The first-order chi connectivity index (χ1) is 12.1. The van der Waals surface area contributed by atoms with Crippen molar-refractivity contribution < 1.29 is 14.3 Å². The van der Waals surface area contributed by atoms with Crippen LogP contribution in [0.3, 0.4) is 0 Å². The molecule has 25 heavy (non-hydrogen) atoms. The van der Waals surface area contributed by atoms with Crippen LogP contribution in [-0.4, -0.2) is 25.0 Å². The van der Waals surface area contributed by atoms with Gasteiger partial charge in [0.05, 0.1) is 6.61 Å². The molecule has 0 bridgehead atoms. The van der Waals surface area contributed by atoms with Gasteiger partial charge in [-0.3, -0.25) is 9.59 Å². The highest BCUT2D eigenvalue weighted by molar-refractivity contribution is 6.02. The van der Waals surface area contributed by atoms with Crippen LogP contribution in [0.4, 0.5) is 5.69 Å². The van der Waals surface area contributed by atoms with Crippen molar-refractivity contribution >= 4 is 23.6 Å². The molecule has 0 aliphatic rings. The number of rotatable bonds is 7. The number of amides is 2. The van der Waals surface area contributed by atoms with Crippen LogP contribution in [0.1, 0.15) is 29.8 Å². The number of hydrogen-bond acceptors (Lipinski definition) is 3. The van der Waals surface area contributed by atoms with Crippen molar-refractivity contribution in [2.75, 3.05) is 18.5 Å². The van der Waals surface area contributed by atoms with Gasteiger partial charge in [-0.05, 0) is 61.9 Å². The van der Waals surface area contributed by atoms with Crippen LogP contribution in [0.5, 0.6) is 5.75 Å². The second-order valence-corrected chi connectivity index (χ2v) is 5.26. The van der Waals surface area contributed by atoms with Gasteiger partial charge in [0, 0.05) is 23.9 Å². The van der Waals surface area contributed by atoms with Crippen LogP contribution in [0.2, 0.25) is 0 Å². The summed E-state index contributed by atoms with van der Waals surface area (Å²) in [5.74, 6) is 0.437. The number of benzene rings is 2. The van der Waals surface area contributed by atoms with Gasteiger partial charge in [-0.25, -0.2) is 0 Å². The zero-order valence-corrected chi connectivity index (χ0v) is 14.4. The summed E-state index contributed by atoms with van der Waals surface area (Å²) in [7, 11) is 0. The largest absolute Gasteiger partial charge is 0.494 e. The van der Waals surface area contributed by atoms with E-state index in [2.05, 4.69) is 10.6 Å². The van der Waals surface area contributed by atoms with Gasteiger partial charge in [-0.2, -0.15) is 0 Å². The predicted octanol–water partition coefficient (Wildman–Crippen LogP) is 3.49. The summed E-state index contributed by atoms with van der Waals surface area (Å²) in [5.41, 5.74) is 2.10. The third-order valence-corrected chi connectivity index (χ3v) is 3.37. The second-order valence-electron chi connectivity index (χ2n) is 5.26. The number of ether oxygens (including phenoxy) is 1. The van der Waals surface area contributed by atoms with E-state index < -0.39 is 0 Å². The standard InChI is InChI=1S/C20H22N2O3/c1-3-21-20(24)16-8-10-17(11-9-16)22-19(23)14-7-15-5-12-18(13-6-15)25-4-2/h5-14H,3-4H2,1-2H3,(H,21,24)(H,22,23)/b14-7+. The number of carbonyl (C=O) groups is 2. The van der Waals surface area contributed by atoms with E-state index in [0.717, 1.165) is 11.3 Å². The Morgan fingerprint density at radius 3 is 2.28 bits per heavy atom. The Morgan fingerprint density at radius 2 is 1.68 bits per heavy atom. The van der Waals surface area contributed by atoms with Crippen molar-refractivity contribution in [3.05, 3.63) is 65.7 Å². The van der Waals surface area contributed by atoms with E-state index in [4.69, 9.17) is 4.74 Å². The normalized spacial score (nSPS) is 10.5. The van der Waals surface area contributed by atoms with E-state index in [0.29, 0.717) is 24.4 Å². The minimum Gasteiger partial charge on any atom is -0.494 e. The van der Waals surface area contributed by atoms with Crippen LogP contribution in [0, 0.1) is 0 Å². The minimum absolute atomic E-state index is 0.129. The molecule has 2 rings (SSSR count). The van der Waals surface area contributed by atoms with Crippen LogP contribution in [0.25, 0.3) is 6.08 Å². The summed E-state index contributed by atoms with van der Waals surface area (Å²) in [4.78, 5) is 23.7. The number of anilines is 1. The lowest BCUT2D eigenvalue weighted by Gasteiger charge is -2.05. The Labute approximate surface area is 147 Å². The lowest BCUT2D eigenvalue weighted by atomic mass is 10.2. The quantitative estimate of drug-likeness (QED) is 0.760. The zero-order valence-electron chi connectivity index (χ0n) is 14.4. The molecule has 0 radical (unpaired) electrons.